The van der Waals surface area contributed by atoms with Crippen molar-refractivity contribution >= 4 is 23.6 Å². The van der Waals surface area contributed by atoms with Gasteiger partial charge in [0.25, 0.3) is 11.6 Å². The van der Waals surface area contributed by atoms with Gasteiger partial charge in [0.1, 0.15) is 5.75 Å². The summed E-state index contributed by atoms with van der Waals surface area (Å²) >= 11 is 0. The maximum atomic E-state index is 13.3. The third-order valence-corrected chi connectivity index (χ3v) is 5.77. The van der Waals surface area contributed by atoms with Gasteiger partial charge in [0.05, 0.1) is 36.5 Å². The molecular weight excluding hydrogens is 466 g/mol. The van der Waals surface area contributed by atoms with E-state index < -0.39 is 16.9 Å². The molecule has 1 amide bonds. The molecule has 3 aromatic rings. The van der Waals surface area contributed by atoms with Crippen molar-refractivity contribution in [2.45, 2.75) is 12.5 Å². The Balaban J connectivity index is 1.64. The van der Waals surface area contributed by atoms with Gasteiger partial charge in [-0.25, -0.2) is 5.01 Å². The number of para-hydroxylation sites is 1. The number of carbonyl (C=O) groups excluding carboxylic acids is 2. The number of hydrogen-bond acceptors (Lipinski definition) is 8. The summed E-state index contributed by atoms with van der Waals surface area (Å²) in [4.78, 5) is 35.1. The molecular formula is C26H23N3O7. The van der Waals surface area contributed by atoms with Crippen LogP contribution < -0.4 is 14.2 Å². The average molecular weight is 489 g/mol. The minimum atomic E-state index is -0.479. The molecule has 1 aliphatic heterocycles. The number of methoxy groups -OCH3 is 2. The van der Waals surface area contributed by atoms with E-state index in [1.54, 1.807) is 48.5 Å². The highest BCUT2D eigenvalue weighted by atomic mass is 16.6. The van der Waals surface area contributed by atoms with Crippen molar-refractivity contribution in [2.75, 3.05) is 20.8 Å². The Morgan fingerprint density at radius 2 is 1.78 bits per heavy atom. The third kappa shape index (κ3) is 5.02. The van der Waals surface area contributed by atoms with E-state index in [0.29, 0.717) is 46.8 Å². The second kappa shape index (κ2) is 10.7. The molecule has 1 aliphatic rings. The summed E-state index contributed by atoms with van der Waals surface area (Å²) in [5.41, 5.74) is 2.30. The second-order valence-electron chi connectivity index (χ2n) is 7.87. The van der Waals surface area contributed by atoms with Crippen LogP contribution in [0.25, 0.3) is 0 Å². The van der Waals surface area contributed by atoms with Gasteiger partial charge in [-0.3, -0.25) is 19.7 Å². The predicted octanol–water partition coefficient (Wildman–Crippen LogP) is 4.18. The van der Waals surface area contributed by atoms with Gasteiger partial charge in [-0.1, -0.05) is 18.2 Å². The molecule has 1 unspecified atom stereocenters. The number of hydrazone groups is 1. The van der Waals surface area contributed by atoms with Crippen LogP contribution in [0.2, 0.25) is 0 Å². The van der Waals surface area contributed by atoms with Gasteiger partial charge < -0.3 is 14.2 Å². The molecule has 0 saturated heterocycles. The molecule has 0 bridgehead atoms. The van der Waals surface area contributed by atoms with Crippen LogP contribution in [0, 0.1) is 10.1 Å². The highest BCUT2D eigenvalue weighted by Crippen LogP contribution is 2.37. The Kier molecular flexibility index (Phi) is 7.24. The van der Waals surface area contributed by atoms with Crippen molar-refractivity contribution in [1.82, 2.24) is 5.01 Å². The van der Waals surface area contributed by atoms with Crippen molar-refractivity contribution < 1.29 is 28.7 Å². The minimum absolute atomic E-state index is 0.0380. The molecule has 0 aliphatic carbocycles. The molecule has 3 aromatic carbocycles. The van der Waals surface area contributed by atoms with Gasteiger partial charge in [-0.05, 0) is 47.5 Å². The fourth-order valence-electron chi connectivity index (χ4n) is 3.92. The number of aldehydes is 1. The molecule has 1 atom stereocenters. The van der Waals surface area contributed by atoms with E-state index in [-0.39, 0.29) is 12.3 Å². The van der Waals surface area contributed by atoms with Crippen LogP contribution >= 0.6 is 0 Å². The smallest absolute Gasteiger partial charge is 0.281 e. The average Bonchev–Trinajstić information content (AvgIpc) is 3.37. The topological polar surface area (TPSA) is 121 Å². The number of non-ortho nitro benzene ring substituents is 1. The number of rotatable bonds is 9. The number of hydrogen-bond donors (Lipinski definition) is 0. The van der Waals surface area contributed by atoms with Gasteiger partial charge >= 0.3 is 0 Å². The maximum absolute atomic E-state index is 13.3. The van der Waals surface area contributed by atoms with Gasteiger partial charge in [-0.15, -0.1) is 0 Å². The highest BCUT2D eigenvalue weighted by Gasteiger charge is 2.34. The zero-order chi connectivity index (χ0) is 25.7. The van der Waals surface area contributed by atoms with E-state index in [1.807, 2.05) is 6.07 Å². The zero-order valence-electron chi connectivity index (χ0n) is 19.6. The molecule has 1 heterocycles. The van der Waals surface area contributed by atoms with E-state index in [9.17, 15) is 19.7 Å². The van der Waals surface area contributed by atoms with Crippen molar-refractivity contribution in [3.8, 4) is 17.2 Å². The van der Waals surface area contributed by atoms with Crippen LogP contribution in [-0.2, 0) is 4.79 Å². The van der Waals surface area contributed by atoms with Crippen molar-refractivity contribution in [1.29, 1.82) is 0 Å². The van der Waals surface area contributed by atoms with Gasteiger partial charge in [0.2, 0.25) is 0 Å². The zero-order valence-corrected chi connectivity index (χ0v) is 19.6. The Morgan fingerprint density at radius 1 is 1.06 bits per heavy atom. The van der Waals surface area contributed by atoms with Crippen LogP contribution in [0.1, 0.15) is 33.9 Å². The van der Waals surface area contributed by atoms with E-state index in [4.69, 9.17) is 14.2 Å². The lowest BCUT2D eigenvalue weighted by molar-refractivity contribution is -0.384. The summed E-state index contributed by atoms with van der Waals surface area (Å²) < 4.78 is 16.4. The van der Waals surface area contributed by atoms with Gasteiger partial charge in [0, 0.05) is 18.6 Å². The van der Waals surface area contributed by atoms with E-state index in [1.165, 1.54) is 31.4 Å². The second-order valence-corrected chi connectivity index (χ2v) is 7.87. The van der Waals surface area contributed by atoms with E-state index >= 15 is 0 Å². The molecule has 10 nitrogen and oxygen atoms in total. The lowest BCUT2D eigenvalue weighted by atomic mass is 9.98. The highest BCUT2D eigenvalue weighted by molar-refractivity contribution is 6.03. The number of nitro benzene ring substituents is 1. The van der Waals surface area contributed by atoms with Crippen molar-refractivity contribution in [2.24, 2.45) is 5.10 Å². The molecule has 0 aromatic heterocycles. The fourth-order valence-corrected chi connectivity index (χ4v) is 3.92. The molecule has 0 spiro atoms. The Labute approximate surface area is 206 Å². The quantitative estimate of drug-likeness (QED) is 0.251. The monoisotopic (exact) mass is 489 g/mol. The maximum Gasteiger partial charge on any atom is 0.281 e. The number of ether oxygens (including phenoxy) is 3. The SMILES string of the molecule is COc1ccc(C2CC(c3ccc([N+](=O)[O-])cc3)=NN2C(=O)COc2ccccc2C=O)cc1OC. The molecule has 4 rings (SSSR count). The molecule has 0 radical (unpaired) electrons. The van der Waals surface area contributed by atoms with Crippen molar-refractivity contribution in [3.05, 3.63) is 93.5 Å². The number of nitrogens with zero attached hydrogens (tertiary/aromatic N) is 3. The van der Waals surface area contributed by atoms with Crippen LogP contribution in [0.3, 0.4) is 0 Å². The number of carbonyl (C=O) groups is 2. The summed E-state index contributed by atoms with van der Waals surface area (Å²) in [6, 6.07) is 17.5. The minimum Gasteiger partial charge on any atom is -0.493 e. The summed E-state index contributed by atoms with van der Waals surface area (Å²) in [6.45, 7) is -0.342. The normalized spacial score (nSPS) is 14.7. The molecule has 0 fully saturated rings. The Hall–Kier alpha value is -4.73. The first-order valence-corrected chi connectivity index (χ1v) is 11.0. The van der Waals surface area contributed by atoms with Crippen LogP contribution in [0.15, 0.2) is 71.8 Å². The lowest BCUT2D eigenvalue weighted by Gasteiger charge is -2.23. The Morgan fingerprint density at radius 3 is 2.44 bits per heavy atom. The first-order chi connectivity index (χ1) is 17.4. The first-order valence-electron chi connectivity index (χ1n) is 11.0. The summed E-state index contributed by atoms with van der Waals surface area (Å²) in [7, 11) is 3.06. The van der Waals surface area contributed by atoms with E-state index in [2.05, 4.69) is 5.10 Å². The first kappa shape index (κ1) is 24.4. The molecule has 0 saturated carbocycles. The van der Waals surface area contributed by atoms with Crippen LogP contribution in [0.4, 0.5) is 5.69 Å². The molecule has 36 heavy (non-hydrogen) atoms. The van der Waals surface area contributed by atoms with Gasteiger partial charge in [0.15, 0.2) is 24.4 Å². The summed E-state index contributed by atoms with van der Waals surface area (Å²) in [5.74, 6) is 0.916. The molecule has 184 valence electrons. The molecule has 0 N–H and O–H groups in total. The van der Waals surface area contributed by atoms with Crippen LogP contribution in [0.5, 0.6) is 17.2 Å². The summed E-state index contributed by atoms with van der Waals surface area (Å²) in [5, 5.41) is 16.9. The number of nitro groups is 1. The standard InChI is InChI=1S/C26H23N3O7/c1-34-24-12-9-18(13-25(24)35-2)22-14-21(17-7-10-20(11-8-17)29(32)33)27-28(22)26(31)16-36-23-6-4-3-5-19(23)15-30/h3-13,15,22H,14,16H2,1-2H3. The van der Waals surface area contributed by atoms with E-state index in [0.717, 1.165) is 5.56 Å². The molecule has 10 heteroatoms. The number of amides is 1. The fraction of sp³-hybridized carbons (Fsp3) is 0.192. The van der Waals surface area contributed by atoms with Crippen molar-refractivity contribution in [3.63, 3.8) is 0 Å². The Bertz CT molecular complexity index is 1320. The van der Waals surface area contributed by atoms with Gasteiger partial charge in [-0.2, -0.15) is 5.10 Å². The van der Waals surface area contributed by atoms with Crippen LogP contribution in [-0.4, -0.2) is 48.7 Å². The summed E-state index contributed by atoms with van der Waals surface area (Å²) in [6.07, 6.45) is 1.02. The number of benzene rings is 3. The lowest BCUT2D eigenvalue weighted by Crippen LogP contribution is -2.31. The third-order valence-electron chi connectivity index (χ3n) is 5.77. The predicted molar refractivity (Wildman–Crippen MR) is 131 cm³/mol. The largest absolute Gasteiger partial charge is 0.493 e.